The van der Waals surface area contributed by atoms with Gasteiger partial charge in [0.2, 0.25) is 0 Å². The van der Waals surface area contributed by atoms with Gasteiger partial charge >= 0.3 is 5.97 Å². The molecule has 3 aromatic rings. The minimum absolute atomic E-state index is 0.0613. The molecule has 1 aliphatic rings. The number of amides is 1. The minimum Gasteiger partial charge on any atom is -0.485 e. The summed E-state index contributed by atoms with van der Waals surface area (Å²) in [6.07, 6.45) is 4.33. The number of hydrogen-bond donors (Lipinski definition) is 2. The predicted octanol–water partition coefficient (Wildman–Crippen LogP) is 3.80. The van der Waals surface area contributed by atoms with Gasteiger partial charge in [0.15, 0.2) is 11.4 Å². The molecule has 0 aliphatic carbocycles. The summed E-state index contributed by atoms with van der Waals surface area (Å²) < 4.78 is 6.90. The molecule has 36 heavy (non-hydrogen) atoms. The molecule has 4 rings (SSSR count). The van der Waals surface area contributed by atoms with E-state index < -0.39 is 18.4 Å². The third kappa shape index (κ3) is 6.78. The summed E-state index contributed by atoms with van der Waals surface area (Å²) in [4.78, 5) is 39.7. The number of hydrogen-bond acceptors (Lipinski definition) is 7. The molecule has 0 unspecified atom stereocenters. The lowest BCUT2D eigenvalue weighted by atomic mass is 9.93. The summed E-state index contributed by atoms with van der Waals surface area (Å²) in [5.74, 6) is 0.418. The number of pyridine rings is 1. The average molecular weight is 554 g/mol. The second-order valence-corrected chi connectivity index (χ2v) is 9.64. The molecular formula is C26H28BrN5O4. The van der Waals surface area contributed by atoms with Crippen LogP contribution in [0.3, 0.4) is 0 Å². The molecule has 0 spiro atoms. The lowest BCUT2D eigenvalue weighted by molar-refractivity contribution is -0.135. The third-order valence-corrected chi connectivity index (χ3v) is 6.51. The first kappa shape index (κ1) is 25.6. The second kappa shape index (κ2) is 11.9. The van der Waals surface area contributed by atoms with E-state index in [1.165, 1.54) is 0 Å². The SMILES string of the molecule is Cc1nc(CC2CCN(c3ccc(Br)cn3)CC2)nc(C(=O)NCC(=O)O)c1OCc1ccccc1. The number of aryl methyl sites for hydroxylation is 1. The zero-order valence-corrected chi connectivity index (χ0v) is 21.6. The van der Waals surface area contributed by atoms with Gasteiger partial charge in [0.25, 0.3) is 5.91 Å². The largest absolute Gasteiger partial charge is 0.485 e. The fourth-order valence-electron chi connectivity index (χ4n) is 4.19. The number of aliphatic carboxylic acids is 1. The molecule has 10 heteroatoms. The van der Waals surface area contributed by atoms with Crippen molar-refractivity contribution in [2.24, 2.45) is 5.92 Å². The van der Waals surface area contributed by atoms with Gasteiger partial charge in [-0.15, -0.1) is 0 Å². The Hall–Kier alpha value is -3.53. The lowest BCUT2D eigenvalue weighted by Gasteiger charge is -2.32. The first-order valence-corrected chi connectivity index (χ1v) is 12.6. The number of piperidine rings is 1. The van der Waals surface area contributed by atoms with Crippen LogP contribution in [0.5, 0.6) is 5.75 Å². The molecule has 188 valence electrons. The average Bonchev–Trinajstić information content (AvgIpc) is 2.88. The number of rotatable bonds is 9. The van der Waals surface area contributed by atoms with Crippen LogP contribution >= 0.6 is 15.9 Å². The van der Waals surface area contributed by atoms with E-state index in [2.05, 4.69) is 41.1 Å². The van der Waals surface area contributed by atoms with Crippen LogP contribution in [0.4, 0.5) is 5.82 Å². The highest BCUT2D eigenvalue weighted by atomic mass is 79.9. The lowest BCUT2D eigenvalue weighted by Crippen LogP contribution is -2.35. The monoisotopic (exact) mass is 553 g/mol. The molecule has 1 aliphatic heterocycles. The van der Waals surface area contributed by atoms with Gasteiger partial charge in [0.1, 0.15) is 24.8 Å². The summed E-state index contributed by atoms with van der Waals surface area (Å²) >= 11 is 3.42. The van der Waals surface area contributed by atoms with Crippen LogP contribution in [-0.4, -0.2) is 51.6 Å². The molecule has 3 heterocycles. The standard InChI is InChI=1S/C26H28BrN5O4/c1-17-25(36-16-19-5-3-2-4-6-19)24(26(35)29-15-23(33)34)31-21(30-17)13-18-9-11-32(12-10-18)22-8-7-20(27)14-28-22/h2-8,14,18H,9-13,15-16H2,1H3,(H,29,35)(H,33,34). The molecular weight excluding hydrogens is 526 g/mol. The highest BCUT2D eigenvalue weighted by molar-refractivity contribution is 9.10. The maximum Gasteiger partial charge on any atom is 0.322 e. The Bertz CT molecular complexity index is 1200. The number of halogens is 1. The Labute approximate surface area is 218 Å². The first-order valence-electron chi connectivity index (χ1n) is 11.8. The van der Waals surface area contributed by atoms with Gasteiger partial charge in [-0.2, -0.15) is 0 Å². The van der Waals surface area contributed by atoms with E-state index in [1.54, 1.807) is 13.1 Å². The van der Waals surface area contributed by atoms with Crippen LogP contribution in [0.2, 0.25) is 0 Å². The zero-order valence-electron chi connectivity index (χ0n) is 20.0. The number of carbonyl (C=O) groups is 2. The number of carboxylic acid groups (broad SMARTS) is 1. The van der Waals surface area contributed by atoms with E-state index in [9.17, 15) is 9.59 Å². The van der Waals surface area contributed by atoms with Gasteiger partial charge in [-0.3, -0.25) is 9.59 Å². The zero-order chi connectivity index (χ0) is 25.5. The number of nitrogens with one attached hydrogen (secondary N) is 1. The van der Waals surface area contributed by atoms with E-state index in [-0.39, 0.29) is 18.1 Å². The minimum atomic E-state index is -1.13. The summed E-state index contributed by atoms with van der Waals surface area (Å²) in [5.41, 5.74) is 1.55. The Morgan fingerprint density at radius 2 is 1.89 bits per heavy atom. The first-order chi connectivity index (χ1) is 17.4. The van der Waals surface area contributed by atoms with E-state index in [4.69, 9.17) is 9.84 Å². The highest BCUT2D eigenvalue weighted by Crippen LogP contribution is 2.27. The van der Waals surface area contributed by atoms with Crippen LogP contribution in [0.1, 0.15) is 40.4 Å². The predicted molar refractivity (Wildman–Crippen MR) is 138 cm³/mol. The Kier molecular flexibility index (Phi) is 8.48. The highest BCUT2D eigenvalue weighted by Gasteiger charge is 2.25. The molecule has 2 N–H and O–H groups in total. The van der Waals surface area contributed by atoms with Crippen molar-refractivity contribution >= 4 is 33.6 Å². The molecule has 0 bridgehead atoms. The van der Waals surface area contributed by atoms with E-state index >= 15 is 0 Å². The smallest absolute Gasteiger partial charge is 0.322 e. The fourth-order valence-corrected chi connectivity index (χ4v) is 4.42. The maximum absolute atomic E-state index is 12.8. The normalized spacial score (nSPS) is 13.9. The Morgan fingerprint density at radius 3 is 2.56 bits per heavy atom. The fraction of sp³-hybridized carbons (Fsp3) is 0.346. The van der Waals surface area contributed by atoms with Crippen LogP contribution in [0, 0.1) is 12.8 Å². The second-order valence-electron chi connectivity index (χ2n) is 8.72. The van der Waals surface area contributed by atoms with Crippen LogP contribution in [-0.2, 0) is 17.8 Å². The van der Waals surface area contributed by atoms with E-state index in [0.29, 0.717) is 23.9 Å². The van der Waals surface area contributed by atoms with Crippen LogP contribution in [0.15, 0.2) is 53.1 Å². The van der Waals surface area contributed by atoms with Gasteiger partial charge in [0, 0.05) is 30.2 Å². The number of aromatic nitrogens is 3. The number of carbonyl (C=O) groups excluding carboxylic acids is 1. The van der Waals surface area contributed by atoms with E-state index in [1.807, 2.05) is 42.5 Å². The van der Waals surface area contributed by atoms with Crippen molar-refractivity contribution < 1.29 is 19.4 Å². The topological polar surface area (TPSA) is 118 Å². The van der Waals surface area contributed by atoms with Crippen molar-refractivity contribution in [1.82, 2.24) is 20.3 Å². The molecule has 0 radical (unpaired) electrons. The molecule has 1 saturated heterocycles. The van der Waals surface area contributed by atoms with E-state index in [0.717, 1.165) is 41.8 Å². The molecule has 2 aromatic heterocycles. The molecule has 1 amide bonds. The molecule has 1 fully saturated rings. The number of benzene rings is 1. The Morgan fingerprint density at radius 1 is 1.14 bits per heavy atom. The maximum atomic E-state index is 12.8. The van der Waals surface area contributed by atoms with Crippen molar-refractivity contribution in [2.45, 2.75) is 32.8 Å². The van der Waals surface area contributed by atoms with Crippen LogP contribution < -0.4 is 15.0 Å². The van der Waals surface area contributed by atoms with Crippen molar-refractivity contribution in [1.29, 1.82) is 0 Å². The van der Waals surface area contributed by atoms with Gasteiger partial charge in [-0.05, 0) is 59.3 Å². The number of carboxylic acids is 1. The van der Waals surface area contributed by atoms with Gasteiger partial charge in [0.05, 0.1) is 5.69 Å². The number of nitrogens with zero attached hydrogens (tertiary/aromatic N) is 4. The van der Waals surface area contributed by atoms with Gasteiger partial charge in [-0.25, -0.2) is 15.0 Å². The molecule has 1 aromatic carbocycles. The van der Waals surface area contributed by atoms with Gasteiger partial charge < -0.3 is 20.1 Å². The third-order valence-electron chi connectivity index (χ3n) is 6.04. The van der Waals surface area contributed by atoms with Crippen LogP contribution in [0.25, 0.3) is 0 Å². The summed E-state index contributed by atoms with van der Waals surface area (Å²) in [6.45, 7) is 3.27. The molecule has 9 nitrogen and oxygen atoms in total. The Balaban J connectivity index is 1.47. The molecule has 0 saturated carbocycles. The van der Waals surface area contributed by atoms with Gasteiger partial charge in [-0.1, -0.05) is 30.3 Å². The van der Waals surface area contributed by atoms with Crippen molar-refractivity contribution in [3.63, 3.8) is 0 Å². The molecule has 0 atom stereocenters. The number of ether oxygens (including phenoxy) is 1. The summed E-state index contributed by atoms with van der Waals surface area (Å²) in [7, 11) is 0. The quantitative estimate of drug-likeness (QED) is 0.411. The van der Waals surface area contributed by atoms with Crippen molar-refractivity contribution in [3.8, 4) is 5.75 Å². The number of anilines is 1. The summed E-state index contributed by atoms with van der Waals surface area (Å²) in [6, 6.07) is 13.6. The van der Waals surface area contributed by atoms with Crippen molar-refractivity contribution in [2.75, 3.05) is 24.5 Å². The van der Waals surface area contributed by atoms with Crippen molar-refractivity contribution in [3.05, 3.63) is 75.9 Å². The summed E-state index contributed by atoms with van der Waals surface area (Å²) in [5, 5.41) is 11.4.